The van der Waals surface area contributed by atoms with Crippen LogP contribution in [-0.4, -0.2) is 25.0 Å². The van der Waals surface area contributed by atoms with Crippen molar-refractivity contribution in [1.29, 1.82) is 0 Å². The van der Waals surface area contributed by atoms with E-state index < -0.39 is 6.09 Å². The van der Waals surface area contributed by atoms with E-state index in [9.17, 15) is 9.59 Å². The SMILES string of the molecule is CCCNC(=O)ONCC(C)CCC(C)=O. The first kappa shape index (κ1) is 14.9. The van der Waals surface area contributed by atoms with E-state index in [4.69, 9.17) is 4.84 Å². The Labute approximate surface area is 96.9 Å². The van der Waals surface area contributed by atoms with E-state index in [0.29, 0.717) is 25.4 Å². The van der Waals surface area contributed by atoms with Gasteiger partial charge in [0, 0.05) is 19.5 Å². The zero-order valence-corrected chi connectivity index (χ0v) is 10.3. The highest BCUT2D eigenvalue weighted by Crippen LogP contribution is 2.04. The van der Waals surface area contributed by atoms with Gasteiger partial charge in [0.15, 0.2) is 0 Å². The van der Waals surface area contributed by atoms with Gasteiger partial charge in [-0.05, 0) is 25.7 Å². The number of hydrogen-bond acceptors (Lipinski definition) is 4. The van der Waals surface area contributed by atoms with Crippen LogP contribution < -0.4 is 10.8 Å². The molecule has 0 aliphatic rings. The molecule has 0 aromatic carbocycles. The highest BCUT2D eigenvalue weighted by atomic mass is 16.7. The fourth-order valence-corrected chi connectivity index (χ4v) is 1.06. The molecule has 0 aliphatic carbocycles. The molecule has 1 amide bonds. The van der Waals surface area contributed by atoms with Gasteiger partial charge in [0.2, 0.25) is 0 Å². The fraction of sp³-hybridized carbons (Fsp3) is 0.818. The van der Waals surface area contributed by atoms with E-state index in [2.05, 4.69) is 10.8 Å². The van der Waals surface area contributed by atoms with Crippen LogP contribution in [0.1, 0.15) is 40.0 Å². The molecule has 0 saturated heterocycles. The number of hydroxylamine groups is 1. The number of rotatable bonds is 8. The van der Waals surface area contributed by atoms with Crippen molar-refractivity contribution in [2.24, 2.45) is 5.92 Å². The number of carbonyl (C=O) groups is 2. The number of carbonyl (C=O) groups excluding carboxylic acids is 2. The molecule has 0 bridgehead atoms. The van der Waals surface area contributed by atoms with Gasteiger partial charge in [0.1, 0.15) is 5.78 Å². The Hall–Kier alpha value is -1.10. The summed E-state index contributed by atoms with van der Waals surface area (Å²) in [4.78, 5) is 26.5. The van der Waals surface area contributed by atoms with Crippen LogP contribution in [0.15, 0.2) is 0 Å². The van der Waals surface area contributed by atoms with Crippen molar-refractivity contribution in [3.63, 3.8) is 0 Å². The molecule has 16 heavy (non-hydrogen) atoms. The van der Waals surface area contributed by atoms with Crippen LogP contribution in [0.2, 0.25) is 0 Å². The smallest absolute Gasteiger partial charge is 0.354 e. The normalized spacial score (nSPS) is 11.9. The Bertz CT molecular complexity index is 219. The second-order valence-electron chi connectivity index (χ2n) is 4.01. The molecule has 1 unspecified atom stereocenters. The fourth-order valence-electron chi connectivity index (χ4n) is 1.06. The summed E-state index contributed by atoms with van der Waals surface area (Å²) in [5, 5.41) is 2.58. The van der Waals surface area contributed by atoms with Crippen LogP contribution >= 0.6 is 0 Å². The minimum absolute atomic E-state index is 0.188. The lowest BCUT2D eigenvalue weighted by molar-refractivity contribution is -0.117. The van der Waals surface area contributed by atoms with Gasteiger partial charge >= 0.3 is 6.09 Å². The lowest BCUT2D eigenvalue weighted by Crippen LogP contribution is -2.32. The summed E-state index contributed by atoms with van der Waals surface area (Å²) in [6.07, 6.45) is 1.80. The van der Waals surface area contributed by atoms with Gasteiger partial charge in [-0.2, -0.15) is 5.48 Å². The quantitative estimate of drug-likeness (QED) is 0.622. The predicted molar refractivity (Wildman–Crippen MR) is 61.9 cm³/mol. The van der Waals surface area contributed by atoms with Gasteiger partial charge < -0.3 is 14.9 Å². The molecule has 0 heterocycles. The molecule has 5 nitrogen and oxygen atoms in total. The van der Waals surface area contributed by atoms with Crippen LogP contribution in [0.5, 0.6) is 0 Å². The maximum absolute atomic E-state index is 11.0. The molecule has 2 N–H and O–H groups in total. The van der Waals surface area contributed by atoms with Gasteiger partial charge in [-0.3, -0.25) is 0 Å². The van der Waals surface area contributed by atoms with Gasteiger partial charge in [-0.25, -0.2) is 4.79 Å². The minimum Gasteiger partial charge on any atom is -0.354 e. The molecule has 0 spiro atoms. The molecule has 5 heteroatoms. The summed E-state index contributed by atoms with van der Waals surface area (Å²) < 4.78 is 0. The van der Waals surface area contributed by atoms with Crippen LogP contribution in [0.4, 0.5) is 4.79 Å². The molecule has 0 saturated carbocycles. The maximum Gasteiger partial charge on any atom is 0.426 e. The number of amides is 1. The summed E-state index contributed by atoms with van der Waals surface area (Å²) >= 11 is 0. The zero-order valence-electron chi connectivity index (χ0n) is 10.3. The van der Waals surface area contributed by atoms with Crippen molar-refractivity contribution in [2.75, 3.05) is 13.1 Å². The number of ketones is 1. The molecule has 0 aliphatic heterocycles. The molecule has 0 fully saturated rings. The first-order valence-corrected chi connectivity index (χ1v) is 5.73. The topological polar surface area (TPSA) is 67.4 Å². The zero-order chi connectivity index (χ0) is 12.4. The summed E-state index contributed by atoms with van der Waals surface area (Å²) in [7, 11) is 0. The van der Waals surface area contributed by atoms with Crippen molar-refractivity contribution in [3.8, 4) is 0 Å². The molecule has 0 radical (unpaired) electrons. The second-order valence-corrected chi connectivity index (χ2v) is 4.01. The van der Waals surface area contributed by atoms with E-state index in [0.717, 1.165) is 12.8 Å². The summed E-state index contributed by atoms with van der Waals surface area (Å²) in [6.45, 7) is 6.73. The lowest BCUT2D eigenvalue weighted by Gasteiger charge is -2.11. The van der Waals surface area contributed by atoms with Crippen molar-refractivity contribution < 1.29 is 14.4 Å². The van der Waals surface area contributed by atoms with E-state index >= 15 is 0 Å². The number of hydrogen-bond donors (Lipinski definition) is 2. The third-order valence-electron chi connectivity index (χ3n) is 2.11. The highest BCUT2D eigenvalue weighted by molar-refractivity contribution is 5.75. The number of Topliss-reactive ketones (excluding diaryl/α,β-unsaturated/α-hetero) is 1. The van der Waals surface area contributed by atoms with E-state index in [1.165, 1.54) is 0 Å². The average Bonchev–Trinajstić information content (AvgIpc) is 2.23. The Kier molecular flexibility index (Phi) is 8.52. The van der Waals surface area contributed by atoms with Gasteiger partial charge in [0.05, 0.1) is 0 Å². The standard InChI is InChI=1S/C11H22N2O3/c1-4-7-12-11(15)16-13-8-9(2)5-6-10(3)14/h9,13H,4-8H2,1-3H3,(H,12,15). The van der Waals surface area contributed by atoms with Crippen LogP contribution in [-0.2, 0) is 9.63 Å². The molecule has 0 aromatic heterocycles. The van der Waals surface area contributed by atoms with Crippen molar-refractivity contribution in [3.05, 3.63) is 0 Å². The summed E-state index contributed by atoms with van der Waals surface area (Å²) in [6, 6.07) is 0. The molecular weight excluding hydrogens is 208 g/mol. The van der Waals surface area contributed by atoms with Crippen LogP contribution in [0.25, 0.3) is 0 Å². The van der Waals surface area contributed by atoms with Crippen LogP contribution in [0.3, 0.4) is 0 Å². The van der Waals surface area contributed by atoms with Gasteiger partial charge in [-0.1, -0.05) is 13.8 Å². The van der Waals surface area contributed by atoms with Crippen molar-refractivity contribution >= 4 is 11.9 Å². The third-order valence-corrected chi connectivity index (χ3v) is 2.11. The van der Waals surface area contributed by atoms with Gasteiger partial charge in [-0.15, -0.1) is 0 Å². The second kappa shape index (κ2) is 9.15. The largest absolute Gasteiger partial charge is 0.426 e. The van der Waals surface area contributed by atoms with E-state index in [-0.39, 0.29) is 5.78 Å². The summed E-state index contributed by atoms with van der Waals surface area (Å²) in [5.74, 6) is 0.497. The monoisotopic (exact) mass is 230 g/mol. The molecule has 1 atom stereocenters. The van der Waals surface area contributed by atoms with Crippen molar-refractivity contribution in [2.45, 2.75) is 40.0 Å². The minimum atomic E-state index is -0.458. The summed E-state index contributed by atoms with van der Waals surface area (Å²) in [5.41, 5.74) is 2.59. The Morgan fingerprint density at radius 1 is 1.38 bits per heavy atom. The average molecular weight is 230 g/mol. The predicted octanol–water partition coefficient (Wildman–Crippen LogP) is 1.63. The van der Waals surface area contributed by atoms with E-state index in [1.807, 2.05) is 13.8 Å². The highest BCUT2D eigenvalue weighted by Gasteiger charge is 2.05. The first-order valence-electron chi connectivity index (χ1n) is 5.73. The lowest BCUT2D eigenvalue weighted by atomic mass is 10.0. The molecule has 0 rings (SSSR count). The van der Waals surface area contributed by atoms with Gasteiger partial charge in [0.25, 0.3) is 0 Å². The van der Waals surface area contributed by atoms with Crippen LogP contribution in [0, 0.1) is 5.92 Å². The molecule has 0 aromatic rings. The Morgan fingerprint density at radius 3 is 2.62 bits per heavy atom. The van der Waals surface area contributed by atoms with E-state index in [1.54, 1.807) is 6.92 Å². The molecule has 94 valence electrons. The third kappa shape index (κ3) is 9.45. The number of nitrogens with one attached hydrogen (secondary N) is 2. The first-order chi connectivity index (χ1) is 7.56. The Morgan fingerprint density at radius 2 is 2.06 bits per heavy atom. The molecular formula is C11H22N2O3. The Balaban J connectivity index is 3.42. The van der Waals surface area contributed by atoms with Crippen molar-refractivity contribution in [1.82, 2.24) is 10.8 Å². The maximum atomic E-state index is 11.0.